The van der Waals surface area contributed by atoms with Crippen LogP contribution in [0.4, 0.5) is 0 Å². The molecule has 4 heteroatoms. The monoisotopic (exact) mass is 246 g/mol. The molecule has 0 saturated heterocycles. The number of fused-ring (bicyclic) bond motifs is 4. The number of hydrogen-bond acceptors (Lipinski definition) is 2. The Hall–Kier alpha value is -1.84. The van der Waals surface area contributed by atoms with Crippen molar-refractivity contribution < 1.29 is 19.8 Å². The molecule has 18 heavy (non-hydrogen) atoms. The molecule has 1 aromatic rings. The number of benzene rings is 1. The fourth-order valence-electron chi connectivity index (χ4n) is 3.52. The van der Waals surface area contributed by atoms with Crippen molar-refractivity contribution in [1.29, 1.82) is 0 Å². The van der Waals surface area contributed by atoms with Crippen LogP contribution < -0.4 is 0 Å². The van der Waals surface area contributed by atoms with Crippen LogP contribution in [0, 0.1) is 0 Å². The molecule has 2 N–H and O–H groups in total. The van der Waals surface area contributed by atoms with Crippen molar-refractivity contribution in [2.24, 2.45) is 0 Å². The third-order valence-corrected chi connectivity index (χ3v) is 4.26. The van der Waals surface area contributed by atoms with Gasteiger partial charge in [0.1, 0.15) is 0 Å². The first-order valence-corrected chi connectivity index (χ1v) is 6.24. The molecule has 1 aromatic carbocycles. The molecule has 0 spiro atoms. The molecular weight excluding hydrogens is 232 g/mol. The van der Waals surface area contributed by atoms with Gasteiger partial charge in [-0.2, -0.15) is 0 Å². The summed E-state index contributed by atoms with van der Waals surface area (Å²) in [5.74, 6) is -1.56. The fraction of sp³-hybridized carbons (Fsp3) is 0.429. The van der Waals surface area contributed by atoms with E-state index in [0.29, 0.717) is 5.92 Å². The molecular formula is C14H14O4. The van der Waals surface area contributed by atoms with Crippen LogP contribution in [0.25, 0.3) is 0 Å². The van der Waals surface area contributed by atoms with Crippen LogP contribution in [0.15, 0.2) is 12.1 Å². The standard InChI is InChI=1S/C14H14O4/c15-13(16)10-6-5-9-7-3-1-2-4-8(7)11(9)12(10)14(17)18/h5-8H,1-4H2,(H,15,16)(H,17,18). The van der Waals surface area contributed by atoms with Crippen LogP contribution in [0.2, 0.25) is 0 Å². The summed E-state index contributed by atoms with van der Waals surface area (Å²) in [6.45, 7) is 0. The molecule has 0 heterocycles. The predicted octanol–water partition coefficient (Wildman–Crippen LogP) is 2.84. The highest BCUT2D eigenvalue weighted by Gasteiger charge is 2.43. The number of rotatable bonds is 2. The van der Waals surface area contributed by atoms with E-state index < -0.39 is 11.9 Å². The summed E-state index contributed by atoms with van der Waals surface area (Å²) in [6, 6.07) is 3.24. The Morgan fingerprint density at radius 3 is 2.28 bits per heavy atom. The Morgan fingerprint density at radius 2 is 1.67 bits per heavy atom. The van der Waals surface area contributed by atoms with E-state index in [0.717, 1.165) is 30.4 Å². The average Bonchev–Trinajstić information content (AvgIpc) is 2.33. The first kappa shape index (κ1) is 11.3. The van der Waals surface area contributed by atoms with Crippen molar-refractivity contribution in [3.63, 3.8) is 0 Å². The van der Waals surface area contributed by atoms with Crippen molar-refractivity contribution in [3.8, 4) is 0 Å². The van der Waals surface area contributed by atoms with Crippen molar-refractivity contribution in [1.82, 2.24) is 0 Å². The Bertz CT molecular complexity index is 547. The van der Waals surface area contributed by atoms with Gasteiger partial charge in [-0.1, -0.05) is 18.9 Å². The van der Waals surface area contributed by atoms with Gasteiger partial charge in [-0.15, -0.1) is 0 Å². The largest absolute Gasteiger partial charge is 0.478 e. The molecule has 2 aliphatic rings. The van der Waals surface area contributed by atoms with Crippen molar-refractivity contribution >= 4 is 11.9 Å². The lowest BCUT2D eigenvalue weighted by Gasteiger charge is -2.44. The van der Waals surface area contributed by atoms with E-state index in [9.17, 15) is 14.7 Å². The second-order valence-corrected chi connectivity index (χ2v) is 5.10. The molecule has 0 amide bonds. The van der Waals surface area contributed by atoms with E-state index in [-0.39, 0.29) is 17.0 Å². The van der Waals surface area contributed by atoms with E-state index in [4.69, 9.17) is 5.11 Å². The first-order valence-electron chi connectivity index (χ1n) is 6.24. The lowest BCUT2D eigenvalue weighted by molar-refractivity contribution is 0.0648. The quantitative estimate of drug-likeness (QED) is 0.841. The maximum Gasteiger partial charge on any atom is 0.336 e. The van der Waals surface area contributed by atoms with Crippen LogP contribution in [-0.2, 0) is 0 Å². The van der Waals surface area contributed by atoms with Gasteiger partial charge in [0.15, 0.2) is 0 Å². The van der Waals surface area contributed by atoms with Crippen LogP contribution in [0.5, 0.6) is 0 Å². The Morgan fingerprint density at radius 1 is 1.00 bits per heavy atom. The zero-order valence-electron chi connectivity index (χ0n) is 9.85. The van der Waals surface area contributed by atoms with Crippen molar-refractivity contribution in [2.45, 2.75) is 37.5 Å². The molecule has 0 aliphatic heterocycles. The number of carboxylic acids is 2. The fourth-order valence-corrected chi connectivity index (χ4v) is 3.52. The first-order chi connectivity index (χ1) is 8.61. The van der Waals surface area contributed by atoms with Gasteiger partial charge in [0, 0.05) is 0 Å². The Kier molecular flexibility index (Phi) is 2.40. The van der Waals surface area contributed by atoms with E-state index in [1.54, 1.807) is 6.07 Å². The molecule has 2 aliphatic carbocycles. The van der Waals surface area contributed by atoms with Crippen LogP contribution in [0.1, 0.15) is 69.4 Å². The highest BCUT2D eigenvalue weighted by Crippen LogP contribution is 2.56. The number of carboxylic acid groups (broad SMARTS) is 2. The third kappa shape index (κ3) is 1.38. The number of carbonyl (C=O) groups is 2. The topological polar surface area (TPSA) is 74.6 Å². The summed E-state index contributed by atoms with van der Waals surface area (Å²) in [5.41, 5.74) is 1.78. The van der Waals surface area contributed by atoms with Gasteiger partial charge in [0.25, 0.3) is 0 Å². The van der Waals surface area contributed by atoms with E-state index in [1.807, 2.05) is 0 Å². The molecule has 4 nitrogen and oxygen atoms in total. The lowest BCUT2D eigenvalue weighted by Crippen LogP contribution is -2.31. The van der Waals surface area contributed by atoms with Gasteiger partial charge in [0.2, 0.25) is 0 Å². The zero-order valence-corrected chi connectivity index (χ0v) is 9.85. The minimum atomic E-state index is -1.16. The second kappa shape index (κ2) is 3.83. The molecule has 3 rings (SSSR count). The molecule has 0 radical (unpaired) electrons. The number of aromatic carboxylic acids is 2. The molecule has 1 saturated carbocycles. The second-order valence-electron chi connectivity index (χ2n) is 5.10. The molecule has 0 bridgehead atoms. The summed E-state index contributed by atoms with van der Waals surface area (Å²) in [5, 5.41) is 18.4. The van der Waals surface area contributed by atoms with Gasteiger partial charge < -0.3 is 10.2 Å². The Balaban J connectivity index is 2.18. The van der Waals surface area contributed by atoms with E-state index >= 15 is 0 Å². The number of hydrogen-bond donors (Lipinski definition) is 2. The maximum atomic E-state index is 11.3. The predicted molar refractivity (Wildman–Crippen MR) is 64.3 cm³/mol. The highest BCUT2D eigenvalue weighted by molar-refractivity contribution is 6.03. The van der Waals surface area contributed by atoms with Crippen LogP contribution in [-0.4, -0.2) is 22.2 Å². The third-order valence-electron chi connectivity index (χ3n) is 4.26. The van der Waals surface area contributed by atoms with Crippen LogP contribution in [0.3, 0.4) is 0 Å². The molecule has 1 fully saturated rings. The van der Waals surface area contributed by atoms with Gasteiger partial charge in [-0.3, -0.25) is 0 Å². The summed E-state index contributed by atoms with van der Waals surface area (Å²) in [7, 11) is 0. The van der Waals surface area contributed by atoms with Gasteiger partial charge in [-0.05, 0) is 41.9 Å². The minimum absolute atomic E-state index is 0.0168. The van der Waals surface area contributed by atoms with E-state index in [2.05, 4.69) is 0 Å². The zero-order chi connectivity index (χ0) is 12.9. The van der Waals surface area contributed by atoms with Crippen molar-refractivity contribution in [3.05, 3.63) is 34.4 Å². The summed E-state index contributed by atoms with van der Waals surface area (Å²) >= 11 is 0. The van der Waals surface area contributed by atoms with Gasteiger partial charge in [-0.25, -0.2) is 9.59 Å². The summed E-state index contributed by atoms with van der Waals surface area (Å²) in [6.07, 6.45) is 4.38. The van der Waals surface area contributed by atoms with Crippen molar-refractivity contribution in [2.75, 3.05) is 0 Å². The van der Waals surface area contributed by atoms with Crippen LogP contribution >= 0.6 is 0 Å². The highest BCUT2D eigenvalue weighted by atomic mass is 16.4. The summed E-state index contributed by atoms with van der Waals surface area (Å²) in [4.78, 5) is 22.5. The van der Waals surface area contributed by atoms with Gasteiger partial charge in [0.05, 0.1) is 11.1 Å². The SMILES string of the molecule is O=C(O)c1ccc2c(c1C(=O)O)C1CCCCC21. The Labute approximate surface area is 104 Å². The molecule has 2 atom stereocenters. The lowest BCUT2D eigenvalue weighted by atomic mass is 9.59. The molecule has 2 unspecified atom stereocenters. The summed E-state index contributed by atoms with van der Waals surface area (Å²) < 4.78 is 0. The smallest absolute Gasteiger partial charge is 0.336 e. The molecule has 0 aromatic heterocycles. The van der Waals surface area contributed by atoms with E-state index in [1.165, 1.54) is 12.5 Å². The molecule has 94 valence electrons. The maximum absolute atomic E-state index is 11.3. The minimum Gasteiger partial charge on any atom is -0.478 e. The van der Waals surface area contributed by atoms with Gasteiger partial charge >= 0.3 is 11.9 Å². The normalized spacial score (nSPS) is 24.7. The average molecular weight is 246 g/mol.